The molecule has 1 aliphatic heterocycles. The molecule has 0 saturated heterocycles. The largest absolute Gasteiger partial charge is 0.493 e. The summed E-state index contributed by atoms with van der Waals surface area (Å²) in [6.45, 7) is 2.54. The fourth-order valence-corrected chi connectivity index (χ4v) is 3.50. The number of Topliss-reactive ketones (excluding diaryl/α,β-unsaturated/α-hetero) is 1. The van der Waals surface area contributed by atoms with E-state index in [9.17, 15) is 9.59 Å². The lowest BCUT2D eigenvalue weighted by Gasteiger charge is -2.23. The highest BCUT2D eigenvalue weighted by atomic mass is 16.5. The molecule has 4 rings (SSSR count). The number of hydrogen-bond donors (Lipinski definition) is 2. The van der Waals surface area contributed by atoms with Crippen molar-refractivity contribution in [1.82, 2.24) is 10.2 Å². The number of nitrogens with zero attached hydrogens (tertiary/aromatic N) is 1. The number of H-pyrrole nitrogens is 1. The minimum absolute atomic E-state index is 0.0767. The van der Waals surface area contributed by atoms with Crippen LogP contribution in [0.15, 0.2) is 54.6 Å². The van der Waals surface area contributed by atoms with E-state index in [4.69, 9.17) is 4.74 Å². The van der Waals surface area contributed by atoms with Gasteiger partial charge in [0.05, 0.1) is 23.8 Å². The molecule has 2 aromatic carbocycles. The first-order valence-electron chi connectivity index (χ1n) is 9.38. The van der Waals surface area contributed by atoms with Crippen molar-refractivity contribution in [3.8, 4) is 17.0 Å². The van der Waals surface area contributed by atoms with Crippen LogP contribution >= 0.6 is 0 Å². The van der Waals surface area contributed by atoms with Gasteiger partial charge in [-0.1, -0.05) is 49.4 Å². The Kier molecular flexibility index (Phi) is 4.93. The van der Waals surface area contributed by atoms with E-state index in [2.05, 4.69) is 15.5 Å². The van der Waals surface area contributed by atoms with Crippen LogP contribution in [-0.4, -0.2) is 28.5 Å². The molecule has 0 fully saturated rings. The Morgan fingerprint density at radius 2 is 1.89 bits per heavy atom. The quantitative estimate of drug-likeness (QED) is 0.633. The van der Waals surface area contributed by atoms with E-state index in [1.165, 1.54) is 0 Å². The summed E-state index contributed by atoms with van der Waals surface area (Å²) >= 11 is 0. The monoisotopic (exact) mass is 375 g/mol. The van der Waals surface area contributed by atoms with Gasteiger partial charge in [-0.3, -0.25) is 14.7 Å². The SMILES string of the molecule is CCCOc1ccccc1C(=O)C1CC(=O)Nc2n[nH]c(-c3ccccc3)c21. The number of amides is 1. The standard InChI is InChI=1S/C22H21N3O3/c1-2-12-28-17-11-7-6-10-15(17)21(27)16-13-18(26)23-22-19(16)20(24-25-22)14-8-4-3-5-9-14/h3-11,16H,2,12-13H2,1H3,(H2,23,24,25,26). The summed E-state index contributed by atoms with van der Waals surface area (Å²) in [4.78, 5) is 25.7. The zero-order valence-corrected chi connectivity index (χ0v) is 15.6. The summed E-state index contributed by atoms with van der Waals surface area (Å²) in [5.74, 6) is -0.0126. The minimum Gasteiger partial charge on any atom is -0.493 e. The van der Waals surface area contributed by atoms with Crippen molar-refractivity contribution in [2.45, 2.75) is 25.7 Å². The van der Waals surface area contributed by atoms with Gasteiger partial charge in [0, 0.05) is 12.0 Å². The Morgan fingerprint density at radius 3 is 2.68 bits per heavy atom. The molecule has 1 unspecified atom stereocenters. The molecule has 0 bridgehead atoms. The number of ketones is 1. The fourth-order valence-electron chi connectivity index (χ4n) is 3.50. The number of carbonyl (C=O) groups is 2. The summed E-state index contributed by atoms with van der Waals surface area (Å²) in [5, 5.41) is 10.0. The second-order valence-electron chi connectivity index (χ2n) is 6.74. The third-order valence-corrected chi connectivity index (χ3v) is 4.79. The van der Waals surface area contributed by atoms with Gasteiger partial charge in [-0.2, -0.15) is 5.10 Å². The van der Waals surface area contributed by atoms with Gasteiger partial charge in [-0.05, 0) is 24.1 Å². The summed E-state index contributed by atoms with van der Waals surface area (Å²) in [6.07, 6.45) is 0.922. The van der Waals surface area contributed by atoms with Crippen molar-refractivity contribution in [2.75, 3.05) is 11.9 Å². The number of para-hydroxylation sites is 1. The van der Waals surface area contributed by atoms with E-state index < -0.39 is 5.92 Å². The molecular formula is C22H21N3O3. The van der Waals surface area contributed by atoms with Gasteiger partial charge in [-0.15, -0.1) is 0 Å². The normalized spacial score (nSPS) is 15.6. The number of nitrogens with one attached hydrogen (secondary N) is 2. The van der Waals surface area contributed by atoms with Crippen LogP contribution in [0.3, 0.4) is 0 Å². The number of rotatable bonds is 6. The lowest BCUT2D eigenvalue weighted by Crippen LogP contribution is -2.27. The third-order valence-electron chi connectivity index (χ3n) is 4.79. The van der Waals surface area contributed by atoms with Crippen LogP contribution in [0, 0.1) is 0 Å². The van der Waals surface area contributed by atoms with Crippen LogP contribution in [0.1, 0.15) is 41.6 Å². The third kappa shape index (κ3) is 3.29. The fraction of sp³-hybridized carbons (Fsp3) is 0.227. The first-order valence-corrected chi connectivity index (χ1v) is 9.38. The first-order chi connectivity index (χ1) is 13.7. The molecule has 6 heteroatoms. The topological polar surface area (TPSA) is 84.1 Å². The summed E-state index contributed by atoms with van der Waals surface area (Å²) in [7, 11) is 0. The van der Waals surface area contributed by atoms with Crippen LogP contribution in [0.25, 0.3) is 11.3 Å². The molecule has 1 atom stereocenters. The number of carbonyl (C=O) groups excluding carboxylic acids is 2. The summed E-state index contributed by atoms with van der Waals surface area (Å²) < 4.78 is 5.76. The van der Waals surface area contributed by atoms with Gasteiger partial charge in [-0.25, -0.2) is 0 Å². The zero-order valence-electron chi connectivity index (χ0n) is 15.6. The average molecular weight is 375 g/mol. The maximum atomic E-state index is 13.5. The molecule has 0 spiro atoms. The van der Waals surface area contributed by atoms with Gasteiger partial charge < -0.3 is 10.1 Å². The van der Waals surface area contributed by atoms with Gasteiger partial charge >= 0.3 is 0 Å². The predicted octanol–water partition coefficient (Wildman–Crippen LogP) is 4.17. The number of benzene rings is 2. The molecule has 1 amide bonds. The molecule has 6 nitrogen and oxygen atoms in total. The van der Waals surface area contributed by atoms with Crippen LogP contribution in [0.4, 0.5) is 5.82 Å². The van der Waals surface area contributed by atoms with Crippen molar-refractivity contribution in [1.29, 1.82) is 0 Å². The van der Waals surface area contributed by atoms with Crippen LogP contribution in [0.5, 0.6) is 5.75 Å². The molecule has 0 aliphatic carbocycles. The Balaban J connectivity index is 1.77. The van der Waals surface area contributed by atoms with E-state index in [-0.39, 0.29) is 18.1 Å². The predicted molar refractivity (Wildman–Crippen MR) is 107 cm³/mol. The average Bonchev–Trinajstić information content (AvgIpc) is 3.15. The molecule has 142 valence electrons. The molecule has 1 aliphatic rings. The molecule has 28 heavy (non-hydrogen) atoms. The summed E-state index contributed by atoms with van der Waals surface area (Å²) in [5.41, 5.74) is 2.88. The van der Waals surface area contributed by atoms with Crippen molar-refractivity contribution in [3.63, 3.8) is 0 Å². The van der Waals surface area contributed by atoms with E-state index in [1.54, 1.807) is 12.1 Å². The Labute approximate surface area is 162 Å². The van der Waals surface area contributed by atoms with Crippen LogP contribution in [0.2, 0.25) is 0 Å². The number of aromatic nitrogens is 2. The molecule has 2 heterocycles. The lowest BCUT2D eigenvalue weighted by atomic mass is 9.84. The maximum Gasteiger partial charge on any atom is 0.226 e. The molecule has 0 radical (unpaired) electrons. The highest BCUT2D eigenvalue weighted by molar-refractivity contribution is 6.10. The number of fused-ring (bicyclic) bond motifs is 1. The van der Waals surface area contributed by atoms with Crippen molar-refractivity contribution >= 4 is 17.5 Å². The van der Waals surface area contributed by atoms with Crippen molar-refractivity contribution in [3.05, 3.63) is 65.7 Å². The van der Waals surface area contributed by atoms with Crippen molar-refractivity contribution < 1.29 is 14.3 Å². The highest BCUT2D eigenvalue weighted by Crippen LogP contribution is 2.40. The number of hydrogen-bond acceptors (Lipinski definition) is 4. The van der Waals surface area contributed by atoms with E-state index >= 15 is 0 Å². The molecule has 0 saturated carbocycles. The molecule has 3 aromatic rings. The van der Waals surface area contributed by atoms with Crippen LogP contribution < -0.4 is 10.1 Å². The number of anilines is 1. The van der Waals surface area contributed by atoms with Gasteiger partial charge in [0.25, 0.3) is 0 Å². The number of ether oxygens (including phenoxy) is 1. The number of aromatic amines is 1. The summed E-state index contributed by atoms with van der Waals surface area (Å²) in [6, 6.07) is 16.9. The second kappa shape index (κ2) is 7.68. The maximum absolute atomic E-state index is 13.5. The molecule has 1 aromatic heterocycles. The Hall–Kier alpha value is -3.41. The lowest BCUT2D eigenvalue weighted by molar-refractivity contribution is -0.116. The Bertz CT molecular complexity index is 1010. The minimum atomic E-state index is -0.621. The zero-order chi connectivity index (χ0) is 19.5. The van der Waals surface area contributed by atoms with E-state index in [0.717, 1.165) is 23.2 Å². The van der Waals surface area contributed by atoms with E-state index in [1.807, 2.05) is 49.4 Å². The molecule has 2 N–H and O–H groups in total. The Morgan fingerprint density at radius 1 is 1.14 bits per heavy atom. The smallest absolute Gasteiger partial charge is 0.226 e. The highest BCUT2D eigenvalue weighted by Gasteiger charge is 2.36. The second-order valence-corrected chi connectivity index (χ2v) is 6.74. The van der Waals surface area contributed by atoms with E-state index in [0.29, 0.717) is 23.7 Å². The van der Waals surface area contributed by atoms with Crippen LogP contribution in [-0.2, 0) is 4.79 Å². The molecular weight excluding hydrogens is 354 g/mol. The first kappa shape index (κ1) is 18.0. The van der Waals surface area contributed by atoms with Crippen molar-refractivity contribution in [2.24, 2.45) is 0 Å². The van der Waals surface area contributed by atoms with Gasteiger partial charge in [0.1, 0.15) is 5.75 Å². The van der Waals surface area contributed by atoms with Gasteiger partial charge in [0.2, 0.25) is 5.91 Å². The van der Waals surface area contributed by atoms with Gasteiger partial charge in [0.15, 0.2) is 11.6 Å².